The third-order valence-corrected chi connectivity index (χ3v) is 8.15. The molecule has 0 fully saturated rings. The molecule has 1 aliphatic heterocycles. The second kappa shape index (κ2) is 11.3. The van der Waals surface area contributed by atoms with E-state index in [1.165, 1.54) is 15.8 Å². The van der Waals surface area contributed by atoms with Gasteiger partial charge in [-0.15, -0.1) is 0 Å². The fourth-order valence-corrected chi connectivity index (χ4v) is 6.16. The number of hydrogen-bond donors (Lipinski definition) is 3. The molecule has 1 amide bonds. The predicted molar refractivity (Wildman–Crippen MR) is 165 cm³/mol. The Kier molecular flexibility index (Phi) is 7.53. The Balaban J connectivity index is 1.32. The summed E-state index contributed by atoms with van der Waals surface area (Å²) in [4.78, 5) is 37.6. The highest BCUT2D eigenvalue weighted by atomic mass is 16.5. The Bertz CT molecular complexity index is 1760. The van der Waals surface area contributed by atoms with Gasteiger partial charge in [-0.1, -0.05) is 19.9 Å². The molecule has 224 valence electrons. The molecule has 4 aromatic heterocycles. The molecule has 1 aliphatic carbocycles. The van der Waals surface area contributed by atoms with Crippen molar-refractivity contribution in [3.8, 4) is 17.0 Å². The summed E-state index contributed by atoms with van der Waals surface area (Å²) in [6.07, 6.45) is 5.26. The van der Waals surface area contributed by atoms with Crippen molar-refractivity contribution in [1.82, 2.24) is 24.4 Å². The number of aliphatic hydroxyl groups is 1. The second-order valence-corrected chi connectivity index (χ2v) is 11.9. The summed E-state index contributed by atoms with van der Waals surface area (Å²) in [5, 5.41) is 16.7. The third-order valence-electron chi connectivity index (χ3n) is 8.15. The van der Waals surface area contributed by atoms with Gasteiger partial charge in [0.15, 0.2) is 0 Å². The smallest absolute Gasteiger partial charge is 0.276 e. The quantitative estimate of drug-likeness (QED) is 0.257. The van der Waals surface area contributed by atoms with Crippen LogP contribution in [0.3, 0.4) is 0 Å². The lowest BCUT2D eigenvalue weighted by atomic mass is 9.90. The zero-order valence-corrected chi connectivity index (χ0v) is 25.0. The number of nitrogens with one attached hydrogen (secondary N) is 2. The molecule has 0 saturated heterocycles. The van der Waals surface area contributed by atoms with Crippen LogP contribution in [-0.2, 0) is 33.0 Å². The van der Waals surface area contributed by atoms with E-state index in [2.05, 4.69) is 39.0 Å². The van der Waals surface area contributed by atoms with Gasteiger partial charge in [0.05, 0.1) is 6.61 Å². The van der Waals surface area contributed by atoms with Gasteiger partial charge >= 0.3 is 0 Å². The molecule has 0 atom stereocenters. The highest BCUT2D eigenvalue weighted by molar-refractivity contribution is 6.06. The van der Waals surface area contributed by atoms with Crippen LogP contribution in [0.25, 0.3) is 11.1 Å². The van der Waals surface area contributed by atoms with Crippen LogP contribution in [0.15, 0.2) is 53.6 Å². The maximum Gasteiger partial charge on any atom is 0.276 e. The summed E-state index contributed by atoms with van der Waals surface area (Å²) in [5.41, 5.74) is 5.33. The van der Waals surface area contributed by atoms with Gasteiger partial charge in [-0.3, -0.25) is 14.5 Å². The summed E-state index contributed by atoms with van der Waals surface area (Å²) in [6.45, 7) is 6.46. The van der Waals surface area contributed by atoms with Crippen molar-refractivity contribution in [3.05, 3.63) is 81.7 Å². The molecule has 0 unspecified atom stereocenters. The second-order valence-electron chi connectivity index (χ2n) is 11.9. The maximum atomic E-state index is 13.8. The zero-order valence-electron chi connectivity index (χ0n) is 25.0. The lowest BCUT2D eigenvalue weighted by Crippen LogP contribution is -2.41. The van der Waals surface area contributed by atoms with E-state index < -0.39 is 0 Å². The summed E-state index contributed by atoms with van der Waals surface area (Å²) in [6, 6.07) is 10.9. The first-order valence-corrected chi connectivity index (χ1v) is 14.5. The molecule has 0 radical (unpaired) electrons. The highest BCUT2D eigenvalue weighted by Gasteiger charge is 2.37. The van der Waals surface area contributed by atoms with Gasteiger partial charge in [-0.05, 0) is 60.7 Å². The van der Waals surface area contributed by atoms with Crippen molar-refractivity contribution < 1.29 is 14.6 Å². The monoisotopic (exact) mass is 583 g/mol. The molecule has 0 aromatic carbocycles. The van der Waals surface area contributed by atoms with Gasteiger partial charge in [0, 0.05) is 62.0 Å². The normalized spacial score (nSPS) is 15.4. The van der Waals surface area contributed by atoms with E-state index in [4.69, 9.17) is 4.74 Å². The molecule has 4 aromatic rings. The Morgan fingerprint density at radius 1 is 1.12 bits per heavy atom. The van der Waals surface area contributed by atoms with Gasteiger partial charge < -0.3 is 29.6 Å². The molecule has 5 heterocycles. The van der Waals surface area contributed by atoms with Gasteiger partial charge in [-0.2, -0.15) is 4.98 Å². The SMILES string of the molecule is CNCCOc1cccc(Nc2cc(-c3ccnc(N4CCn5c(cc6c5CC(C)(C)C6)C4=O)c3CO)cn(C)c2=O)n1. The third kappa shape index (κ3) is 5.41. The number of aromatic nitrogens is 4. The number of likely N-dealkylation sites (N-methyl/N-ethyl adjacent to an activating group) is 1. The van der Waals surface area contributed by atoms with Crippen molar-refractivity contribution in [2.75, 3.05) is 37.0 Å². The first kappa shape index (κ1) is 28.6. The molecular formula is C32H37N7O4. The number of pyridine rings is 3. The van der Waals surface area contributed by atoms with Crippen molar-refractivity contribution in [2.45, 2.75) is 39.8 Å². The summed E-state index contributed by atoms with van der Waals surface area (Å²) in [5.74, 6) is 1.21. The zero-order chi connectivity index (χ0) is 30.3. The Labute approximate surface area is 250 Å². The minimum absolute atomic E-state index is 0.122. The van der Waals surface area contributed by atoms with Crippen LogP contribution in [-0.4, -0.2) is 56.9 Å². The molecule has 0 spiro atoms. The van der Waals surface area contributed by atoms with Crippen LogP contribution in [0.2, 0.25) is 0 Å². The van der Waals surface area contributed by atoms with Gasteiger partial charge in [0.25, 0.3) is 11.5 Å². The maximum absolute atomic E-state index is 13.8. The number of aliphatic hydroxyl groups excluding tert-OH is 1. The molecule has 11 heteroatoms. The first-order chi connectivity index (χ1) is 20.7. The van der Waals surface area contributed by atoms with Crippen molar-refractivity contribution in [3.63, 3.8) is 0 Å². The first-order valence-electron chi connectivity index (χ1n) is 14.5. The predicted octanol–water partition coefficient (Wildman–Crippen LogP) is 3.26. The number of nitrogens with zero attached hydrogens (tertiary/aromatic N) is 5. The summed E-state index contributed by atoms with van der Waals surface area (Å²) < 4.78 is 9.30. The van der Waals surface area contributed by atoms with E-state index in [1.54, 1.807) is 54.7 Å². The van der Waals surface area contributed by atoms with Crippen molar-refractivity contribution in [1.29, 1.82) is 0 Å². The molecule has 2 aliphatic rings. The largest absolute Gasteiger partial charge is 0.476 e. The lowest BCUT2D eigenvalue weighted by Gasteiger charge is -2.31. The minimum Gasteiger partial charge on any atom is -0.476 e. The number of rotatable bonds is 9. The number of hydrogen-bond acceptors (Lipinski definition) is 8. The Morgan fingerprint density at radius 2 is 1.95 bits per heavy atom. The highest BCUT2D eigenvalue weighted by Crippen LogP contribution is 2.40. The molecule has 3 N–H and O–H groups in total. The van der Waals surface area contributed by atoms with Crippen LogP contribution >= 0.6 is 0 Å². The number of carbonyl (C=O) groups is 1. The van der Waals surface area contributed by atoms with E-state index >= 15 is 0 Å². The van der Waals surface area contributed by atoms with Crippen molar-refractivity contribution in [2.24, 2.45) is 12.5 Å². The minimum atomic E-state index is -0.326. The van der Waals surface area contributed by atoms with Crippen molar-refractivity contribution >= 4 is 23.2 Å². The van der Waals surface area contributed by atoms with E-state index in [0.717, 1.165) is 12.8 Å². The number of anilines is 3. The molecule has 0 saturated carbocycles. The lowest BCUT2D eigenvalue weighted by molar-refractivity contribution is 0.0962. The number of fused-ring (bicyclic) bond motifs is 3. The van der Waals surface area contributed by atoms with Gasteiger partial charge in [-0.25, -0.2) is 4.98 Å². The van der Waals surface area contributed by atoms with Gasteiger partial charge in [0.1, 0.15) is 29.6 Å². The van der Waals surface area contributed by atoms with Crippen LogP contribution in [0, 0.1) is 5.41 Å². The van der Waals surface area contributed by atoms with E-state index in [-0.39, 0.29) is 23.5 Å². The molecule has 0 bridgehead atoms. The summed E-state index contributed by atoms with van der Waals surface area (Å²) >= 11 is 0. The Hall–Kier alpha value is -4.48. The van der Waals surface area contributed by atoms with Crippen LogP contribution in [0.4, 0.5) is 17.3 Å². The number of aryl methyl sites for hydroxylation is 1. The fourth-order valence-electron chi connectivity index (χ4n) is 6.16. The average Bonchev–Trinajstić information content (AvgIpc) is 3.47. The number of amides is 1. The topological polar surface area (TPSA) is 127 Å². The Morgan fingerprint density at radius 3 is 2.74 bits per heavy atom. The van der Waals surface area contributed by atoms with E-state index in [1.807, 2.05) is 13.1 Å². The van der Waals surface area contributed by atoms with Crippen LogP contribution in [0.5, 0.6) is 5.88 Å². The molecule has 11 nitrogen and oxygen atoms in total. The molecule has 6 rings (SSSR count). The molecule has 43 heavy (non-hydrogen) atoms. The fraction of sp³-hybridized carbons (Fsp3) is 0.375. The molecular weight excluding hydrogens is 546 g/mol. The average molecular weight is 584 g/mol. The van der Waals surface area contributed by atoms with Crippen LogP contribution < -0.4 is 25.8 Å². The number of ether oxygens (including phenoxy) is 1. The van der Waals surface area contributed by atoms with Gasteiger partial charge in [0.2, 0.25) is 5.88 Å². The standard InChI is InChI=1S/C32H37N7O4/c1-32(2)16-20-15-25-31(42)39(12-11-38(25)26(20)17-32)29-23(19-40)22(8-9-34-29)21-14-24(30(41)37(4)18-21)35-27-6-5-7-28(36-27)43-13-10-33-3/h5-9,14-15,18,33,40H,10-13,16-17,19H2,1-4H3,(H,35,36). The van der Waals surface area contributed by atoms with Crippen LogP contribution in [0.1, 0.15) is 41.2 Å². The summed E-state index contributed by atoms with van der Waals surface area (Å²) in [7, 11) is 3.52. The van der Waals surface area contributed by atoms with E-state index in [9.17, 15) is 14.7 Å². The van der Waals surface area contributed by atoms with E-state index in [0.29, 0.717) is 71.8 Å². The number of carbonyl (C=O) groups excluding carboxylic acids is 1.